The van der Waals surface area contributed by atoms with Crippen molar-refractivity contribution in [2.45, 2.75) is 13.8 Å². The summed E-state index contributed by atoms with van der Waals surface area (Å²) in [6, 6.07) is 11.2. The molecule has 0 aliphatic heterocycles. The first kappa shape index (κ1) is 13.9. The molecule has 1 aliphatic carbocycles. The maximum absolute atomic E-state index is 12.4. The molecule has 1 aliphatic rings. The van der Waals surface area contributed by atoms with Gasteiger partial charge in [-0.1, -0.05) is 38.1 Å². The minimum atomic E-state index is -0.0634. The molecular formula is C17H12N4OS. The lowest BCUT2D eigenvalue weighted by atomic mass is 10.1. The molecule has 0 unspecified atom stereocenters. The van der Waals surface area contributed by atoms with Crippen LogP contribution in [0.25, 0.3) is 33.3 Å². The molecule has 6 heteroatoms. The lowest BCUT2D eigenvalue weighted by Crippen LogP contribution is -2.00. The fraction of sp³-hybridized carbons (Fsp3) is 0.118. The molecule has 2 aromatic carbocycles. The highest BCUT2D eigenvalue weighted by molar-refractivity contribution is 7.00. The van der Waals surface area contributed by atoms with Crippen LogP contribution in [0.15, 0.2) is 36.4 Å². The van der Waals surface area contributed by atoms with Crippen molar-refractivity contribution < 1.29 is 4.79 Å². The Hall–Kier alpha value is -2.73. The van der Waals surface area contributed by atoms with E-state index in [0.29, 0.717) is 22.5 Å². The Morgan fingerprint density at radius 3 is 2.00 bits per heavy atom. The van der Waals surface area contributed by atoms with E-state index in [2.05, 4.69) is 18.7 Å². The third-order valence-corrected chi connectivity index (χ3v) is 4.24. The topological polar surface area (TPSA) is 68.6 Å². The normalized spacial score (nSPS) is 12.0. The Morgan fingerprint density at radius 2 is 1.35 bits per heavy atom. The van der Waals surface area contributed by atoms with Gasteiger partial charge < -0.3 is 0 Å². The molecule has 0 spiro atoms. The van der Waals surface area contributed by atoms with E-state index < -0.39 is 0 Å². The van der Waals surface area contributed by atoms with Crippen LogP contribution in [0, 0.1) is 0 Å². The molecule has 112 valence electrons. The van der Waals surface area contributed by atoms with Crippen LogP contribution in [0.3, 0.4) is 0 Å². The summed E-state index contributed by atoms with van der Waals surface area (Å²) in [5.41, 5.74) is 5.60. The molecule has 5 rings (SSSR count). The van der Waals surface area contributed by atoms with Gasteiger partial charge in [0.1, 0.15) is 22.4 Å². The molecule has 4 aromatic rings. The number of hydrogen-bond acceptors (Lipinski definition) is 6. The van der Waals surface area contributed by atoms with E-state index in [1.165, 1.54) is 0 Å². The van der Waals surface area contributed by atoms with Crippen molar-refractivity contribution in [2.24, 2.45) is 0 Å². The van der Waals surface area contributed by atoms with Gasteiger partial charge in [-0.3, -0.25) is 4.79 Å². The molecule has 0 N–H and O–H groups in total. The van der Waals surface area contributed by atoms with Crippen molar-refractivity contribution in [1.82, 2.24) is 18.7 Å². The number of hydrogen-bond donors (Lipinski definition) is 0. The number of benzene rings is 2. The van der Waals surface area contributed by atoms with E-state index in [1.807, 2.05) is 50.2 Å². The zero-order valence-corrected chi connectivity index (χ0v) is 13.4. The zero-order valence-electron chi connectivity index (χ0n) is 12.6. The quantitative estimate of drug-likeness (QED) is 0.433. The largest absolute Gasteiger partial charge is 0.287 e. The van der Waals surface area contributed by atoms with Crippen molar-refractivity contribution >= 4 is 39.6 Å². The molecule has 2 heterocycles. The first-order valence-electron chi connectivity index (χ1n) is 7.39. The third-order valence-electron chi connectivity index (χ3n) is 3.68. The van der Waals surface area contributed by atoms with E-state index in [1.54, 1.807) is 0 Å². The van der Waals surface area contributed by atoms with Crippen molar-refractivity contribution in [1.29, 1.82) is 0 Å². The lowest BCUT2D eigenvalue weighted by Gasteiger charge is -2.01. The van der Waals surface area contributed by atoms with Crippen molar-refractivity contribution in [3.05, 3.63) is 47.7 Å². The maximum Gasteiger partial charge on any atom is 0.214 e. The Kier molecular flexibility index (Phi) is 3.12. The molecule has 0 bridgehead atoms. The minimum absolute atomic E-state index is 0.0634. The SMILES string of the molecule is CC.O=C1c2ccccc2-c2nc3cc4nsnc4cc3nc21. The van der Waals surface area contributed by atoms with Crippen LogP contribution in [0.2, 0.25) is 0 Å². The van der Waals surface area contributed by atoms with E-state index >= 15 is 0 Å². The van der Waals surface area contributed by atoms with Gasteiger partial charge in [0.25, 0.3) is 0 Å². The summed E-state index contributed by atoms with van der Waals surface area (Å²) in [6.07, 6.45) is 0. The van der Waals surface area contributed by atoms with Gasteiger partial charge in [0.2, 0.25) is 5.78 Å². The number of nitrogens with zero attached hydrogens (tertiary/aromatic N) is 4. The highest BCUT2D eigenvalue weighted by Gasteiger charge is 2.29. The third kappa shape index (κ3) is 1.95. The van der Waals surface area contributed by atoms with Crippen molar-refractivity contribution in [3.8, 4) is 11.3 Å². The monoisotopic (exact) mass is 320 g/mol. The predicted octanol–water partition coefficient (Wildman–Crippen LogP) is 3.87. The van der Waals surface area contributed by atoms with Crippen LogP contribution in [0.4, 0.5) is 0 Å². The van der Waals surface area contributed by atoms with Crippen LogP contribution >= 0.6 is 11.7 Å². The van der Waals surface area contributed by atoms with Gasteiger partial charge in [-0.15, -0.1) is 0 Å². The zero-order chi connectivity index (χ0) is 16.0. The Labute approximate surface area is 136 Å². The summed E-state index contributed by atoms with van der Waals surface area (Å²) in [5, 5.41) is 0. The summed E-state index contributed by atoms with van der Waals surface area (Å²) in [6.45, 7) is 4.00. The number of carbonyl (C=O) groups is 1. The molecule has 2 aromatic heterocycles. The fourth-order valence-electron chi connectivity index (χ4n) is 2.70. The summed E-state index contributed by atoms with van der Waals surface area (Å²) >= 11 is 1.16. The van der Waals surface area contributed by atoms with Gasteiger partial charge in [-0.25, -0.2) is 9.97 Å². The van der Waals surface area contributed by atoms with Crippen LogP contribution in [0.5, 0.6) is 0 Å². The Balaban J connectivity index is 0.000000652. The number of rotatable bonds is 0. The molecule has 0 atom stereocenters. The number of ketones is 1. The lowest BCUT2D eigenvalue weighted by molar-refractivity contribution is 0.103. The van der Waals surface area contributed by atoms with E-state index in [9.17, 15) is 4.79 Å². The molecule has 0 saturated carbocycles. The van der Waals surface area contributed by atoms with E-state index in [0.717, 1.165) is 33.8 Å². The molecule has 0 fully saturated rings. The van der Waals surface area contributed by atoms with Gasteiger partial charge in [-0.2, -0.15) is 8.75 Å². The highest BCUT2D eigenvalue weighted by atomic mass is 32.1. The van der Waals surface area contributed by atoms with Crippen LogP contribution in [-0.2, 0) is 0 Å². The predicted molar refractivity (Wildman–Crippen MR) is 90.7 cm³/mol. The Bertz CT molecular complexity index is 1070. The molecule has 23 heavy (non-hydrogen) atoms. The molecule has 0 saturated heterocycles. The second kappa shape index (κ2) is 5.17. The molecule has 0 radical (unpaired) electrons. The summed E-state index contributed by atoms with van der Waals surface area (Å²) in [4.78, 5) is 21.6. The number of aromatic nitrogens is 4. The van der Waals surface area contributed by atoms with Crippen LogP contribution < -0.4 is 0 Å². The summed E-state index contributed by atoms with van der Waals surface area (Å²) < 4.78 is 8.42. The van der Waals surface area contributed by atoms with Crippen molar-refractivity contribution in [2.75, 3.05) is 0 Å². The van der Waals surface area contributed by atoms with Gasteiger partial charge in [0.05, 0.1) is 22.8 Å². The van der Waals surface area contributed by atoms with Gasteiger partial charge in [0.15, 0.2) is 0 Å². The van der Waals surface area contributed by atoms with E-state index in [-0.39, 0.29) is 5.78 Å². The maximum atomic E-state index is 12.4. The second-order valence-corrected chi connectivity index (χ2v) is 5.42. The van der Waals surface area contributed by atoms with E-state index in [4.69, 9.17) is 0 Å². The average molecular weight is 320 g/mol. The van der Waals surface area contributed by atoms with Crippen LogP contribution in [-0.4, -0.2) is 24.5 Å². The fourth-order valence-corrected chi connectivity index (χ4v) is 3.21. The second-order valence-electron chi connectivity index (χ2n) is 4.89. The smallest absolute Gasteiger partial charge is 0.214 e. The average Bonchev–Trinajstić information content (AvgIpc) is 3.16. The highest BCUT2D eigenvalue weighted by Crippen LogP contribution is 2.35. The molecule has 0 amide bonds. The minimum Gasteiger partial charge on any atom is -0.287 e. The van der Waals surface area contributed by atoms with Gasteiger partial charge >= 0.3 is 0 Å². The number of fused-ring (bicyclic) bond motifs is 5. The molecular weight excluding hydrogens is 308 g/mol. The number of carbonyl (C=O) groups excluding carboxylic acids is 1. The Morgan fingerprint density at radius 1 is 0.783 bits per heavy atom. The first-order chi connectivity index (χ1) is 11.3. The van der Waals surface area contributed by atoms with Crippen molar-refractivity contribution in [3.63, 3.8) is 0 Å². The molecule has 5 nitrogen and oxygen atoms in total. The summed E-state index contributed by atoms with van der Waals surface area (Å²) in [7, 11) is 0. The first-order valence-corrected chi connectivity index (χ1v) is 8.12. The standard InChI is InChI=1S/C15H6N4OS.C2H6/c20-15-8-4-2-1-3-7(8)13-14(15)17-10-6-12-11(18-21-19-12)5-9(10)16-13;1-2/h1-6H;1-2H3. The van der Waals surface area contributed by atoms with Gasteiger partial charge in [0, 0.05) is 11.1 Å². The summed E-state index contributed by atoms with van der Waals surface area (Å²) in [5.74, 6) is -0.0634. The van der Waals surface area contributed by atoms with Gasteiger partial charge in [-0.05, 0) is 12.1 Å². The van der Waals surface area contributed by atoms with Crippen LogP contribution in [0.1, 0.15) is 29.9 Å².